The van der Waals surface area contributed by atoms with Crippen LogP contribution in [0, 0.1) is 23.7 Å². The number of ketones is 1. The van der Waals surface area contributed by atoms with Crippen LogP contribution in [0.15, 0.2) is 24.3 Å². The van der Waals surface area contributed by atoms with E-state index >= 15 is 0 Å². The Labute approximate surface area is 84.9 Å². The standard InChI is InChI=1S/C13H16O/c14-12-4-2-1-3-11-9-5-7-10(8-6-9)13(11)12/h2,4-5,7,9-11,13H,1,3,6,8H2/t9-,10+,11+,13-/m0/s1. The Morgan fingerprint density at radius 2 is 1.86 bits per heavy atom. The van der Waals surface area contributed by atoms with Crippen molar-refractivity contribution < 1.29 is 4.79 Å². The van der Waals surface area contributed by atoms with E-state index in [1.54, 1.807) is 0 Å². The van der Waals surface area contributed by atoms with E-state index < -0.39 is 0 Å². The summed E-state index contributed by atoms with van der Waals surface area (Å²) in [5, 5.41) is 0. The van der Waals surface area contributed by atoms with Crippen molar-refractivity contribution >= 4 is 5.78 Å². The van der Waals surface area contributed by atoms with Crippen molar-refractivity contribution in [3.05, 3.63) is 24.3 Å². The van der Waals surface area contributed by atoms with Crippen molar-refractivity contribution in [2.75, 3.05) is 0 Å². The molecular weight excluding hydrogens is 172 g/mol. The number of hydrogen-bond acceptors (Lipinski definition) is 1. The number of allylic oxidation sites excluding steroid dienone is 4. The third-order valence-electron chi connectivity index (χ3n) is 4.19. The van der Waals surface area contributed by atoms with Gasteiger partial charge in [-0.2, -0.15) is 0 Å². The molecule has 14 heavy (non-hydrogen) atoms. The molecule has 0 spiro atoms. The summed E-state index contributed by atoms with van der Waals surface area (Å²) in [6, 6.07) is 0. The lowest BCUT2D eigenvalue weighted by Gasteiger charge is -2.43. The van der Waals surface area contributed by atoms with Crippen molar-refractivity contribution in [1.29, 1.82) is 0 Å². The van der Waals surface area contributed by atoms with E-state index in [0.717, 1.165) is 6.42 Å². The van der Waals surface area contributed by atoms with Crippen LogP contribution < -0.4 is 0 Å². The Kier molecular flexibility index (Phi) is 1.86. The van der Waals surface area contributed by atoms with Crippen LogP contribution in [0.4, 0.5) is 0 Å². The van der Waals surface area contributed by atoms with Gasteiger partial charge in [-0.1, -0.05) is 18.2 Å². The molecule has 0 heterocycles. The Bertz CT molecular complexity index is 313. The SMILES string of the molecule is O=C1C=CCC[C@H]2[C@@H]1[C@@H]1C=C[C@H]2CC1. The lowest BCUT2D eigenvalue weighted by atomic mass is 9.60. The van der Waals surface area contributed by atoms with Gasteiger partial charge in [-0.05, 0) is 49.5 Å². The second kappa shape index (κ2) is 3.08. The van der Waals surface area contributed by atoms with Gasteiger partial charge in [-0.15, -0.1) is 0 Å². The minimum atomic E-state index is 0.331. The highest BCUT2D eigenvalue weighted by molar-refractivity contribution is 5.92. The van der Waals surface area contributed by atoms with E-state index in [0.29, 0.717) is 29.5 Å². The van der Waals surface area contributed by atoms with E-state index in [9.17, 15) is 4.79 Å². The molecule has 1 fully saturated rings. The van der Waals surface area contributed by atoms with Crippen molar-refractivity contribution in [3.63, 3.8) is 0 Å². The van der Waals surface area contributed by atoms with E-state index in [4.69, 9.17) is 0 Å². The zero-order chi connectivity index (χ0) is 9.54. The van der Waals surface area contributed by atoms with E-state index in [2.05, 4.69) is 18.2 Å². The van der Waals surface area contributed by atoms with Crippen molar-refractivity contribution in [2.45, 2.75) is 25.7 Å². The smallest absolute Gasteiger partial charge is 0.159 e. The van der Waals surface area contributed by atoms with Gasteiger partial charge < -0.3 is 0 Å². The van der Waals surface area contributed by atoms with Crippen LogP contribution in [0.5, 0.6) is 0 Å². The summed E-state index contributed by atoms with van der Waals surface area (Å²) >= 11 is 0. The van der Waals surface area contributed by atoms with Crippen molar-refractivity contribution in [3.8, 4) is 0 Å². The molecule has 0 unspecified atom stereocenters. The van der Waals surface area contributed by atoms with Crippen molar-refractivity contribution in [1.82, 2.24) is 0 Å². The molecule has 1 nitrogen and oxygen atoms in total. The molecule has 4 aliphatic rings. The first-order valence-corrected chi connectivity index (χ1v) is 5.75. The summed E-state index contributed by atoms with van der Waals surface area (Å²) in [6.45, 7) is 0. The molecule has 0 aromatic heterocycles. The lowest BCUT2D eigenvalue weighted by molar-refractivity contribution is -0.123. The fraction of sp³-hybridized carbons (Fsp3) is 0.615. The van der Waals surface area contributed by atoms with Gasteiger partial charge in [-0.25, -0.2) is 0 Å². The monoisotopic (exact) mass is 188 g/mol. The minimum absolute atomic E-state index is 0.331. The molecule has 0 amide bonds. The molecule has 0 aliphatic heterocycles. The van der Waals surface area contributed by atoms with Gasteiger partial charge in [-0.3, -0.25) is 4.79 Å². The molecule has 1 saturated carbocycles. The maximum Gasteiger partial charge on any atom is 0.159 e. The van der Waals surface area contributed by atoms with E-state index in [-0.39, 0.29) is 0 Å². The summed E-state index contributed by atoms with van der Waals surface area (Å²) in [4.78, 5) is 11.9. The van der Waals surface area contributed by atoms with E-state index in [1.165, 1.54) is 19.3 Å². The zero-order valence-electron chi connectivity index (χ0n) is 8.36. The quantitative estimate of drug-likeness (QED) is 0.534. The third kappa shape index (κ3) is 1.11. The highest BCUT2D eigenvalue weighted by atomic mass is 16.1. The number of fused-ring (bicyclic) bond motifs is 1. The molecule has 2 bridgehead atoms. The maximum absolute atomic E-state index is 11.9. The largest absolute Gasteiger partial charge is 0.295 e. The highest BCUT2D eigenvalue weighted by Crippen LogP contribution is 2.47. The van der Waals surface area contributed by atoms with Gasteiger partial charge in [0.25, 0.3) is 0 Å². The minimum Gasteiger partial charge on any atom is -0.295 e. The number of rotatable bonds is 0. The first-order chi connectivity index (χ1) is 6.86. The van der Waals surface area contributed by atoms with Crippen LogP contribution in [0.2, 0.25) is 0 Å². The van der Waals surface area contributed by atoms with Crippen LogP contribution in [0.25, 0.3) is 0 Å². The van der Waals surface area contributed by atoms with Crippen LogP contribution in [-0.2, 0) is 4.79 Å². The normalized spacial score (nSPS) is 45.0. The molecule has 4 aliphatic carbocycles. The summed E-state index contributed by atoms with van der Waals surface area (Å²) < 4.78 is 0. The van der Waals surface area contributed by atoms with Crippen LogP contribution in [-0.4, -0.2) is 5.78 Å². The average molecular weight is 188 g/mol. The fourth-order valence-corrected chi connectivity index (χ4v) is 3.52. The highest BCUT2D eigenvalue weighted by Gasteiger charge is 2.43. The van der Waals surface area contributed by atoms with Crippen LogP contribution in [0.3, 0.4) is 0 Å². The number of hydrogen-bond donors (Lipinski definition) is 0. The molecule has 0 aromatic rings. The summed E-state index contributed by atoms with van der Waals surface area (Å²) in [5.74, 6) is 2.64. The van der Waals surface area contributed by atoms with Crippen LogP contribution in [0.1, 0.15) is 25.7 Å². The lowest BCUT2D eigenvalue weighted by Crippen LogP contribution is -2.40. The molecule has 0 N–H and O–H groups in total. The molecule has 4 rings (SSSR count). The Morgan fingerprint density at radius 3 is 2.64 bits per heavy atom. The fourth-order valence-electron chi connectivity index (χ4n) is 3.52. The first kappa shape index (κ1) is 8.46. The zero-order valence-corrected chi connectivity index (χ0v) is 8.36. The summed E-state index contributed by atoms with van der Waals surface area (Å²) in [7, 11) is 0. The number of carbonyl (C=O) groups is 1. The van der Waals surface area contributed by atoms with Gasteiger partial charge in [0.05, 0.1) is 0 Å². The second-order valence-corrected chi connectivity index (χ2v) is 4.86. The molecular formula is C13H16O. The summed E-state index contributed by atoms with van der Waals surface area (Å²) in [6.07, 6.45) is 13.4. The predicted molar refractivity (Wildman–Crippen MR) is 55.7 cm³/mol. The Hall–Kier alpha value is -0.850. The molecule has 1 heteroatoms. The first-order valence-electron chi connectivity index (χ1n) is 5.75. The van der Waals surface area contributed by atoms with Gasteiger partial charge in [0.15, 0.2) is 5.78 Å². The molecule has 0 saturated heterocycles. The molecule has 4 atom stereocenters. The summed E-state index contributed by atoms with van der Waals surface area (Å²) in [5.41, 5.74) is 0. The number of carbonyl (C=O) groups excluding carboxylic acids is 1. The van der Waals surface area contributed by atoms with Gasteiger partial charge in [0.2, 0.25) is 0 Å². The second-order valence-electron chi connectivity index (χ2n) is 4.86. The Morgan fingerprint density at radius 1 is 1.07 bits per heavy atom. The molecule has 0 aromatic carbocycles. The van der Waals surface area contributed by atoms with Gasteiger partial charge in [0, 0.05) is 5.92 Å². The van der Waals surface area contributed by atoms with E-state index in [1.807, 2.05) is 6.08 Å². The average Bonchev–Trinajstić information content (AvgIpc) is 2.44. The van der Waals surface area contributed by atoms with Crippen molar-refractivity contribution in [2.24, 2.45) is 23.7 Å². The molecule has 74 valence electrons. The topological polar surface area (TPSA) is 17.1 Å². The maximum atomic E-state index is 11.9. The van der Waals surface area contributed by atoms with Gasteiger partial charge >= 0.3 is 0 Å². The van der Waals surface area contributed by atoms with Crippen LogP contribution >= 0.6 is 0 Å². The predicted octanol–water partition coefficient (Wildman–Crippen LogP) is 2.73. The molecule has 0 radical (unpaired) electrons. The third-order valence-corrected chi connectivity index (χ3v) is 4.19. The Balaban J connectivity index is 1.98. The van der Waals surface area contributed by atoms with Gasteiger partial charge in [0.1, 0.15) is 0 Å².